The Bertz CT molecular complexity index is 1750. The van der Waals surface area contributed by atoms with Crippen molar-refractivity contribution in [1.82, 2.24) is 0 Å². The van der Waals surface area contributed by atoms with Gasteiger partial charge in [0.1, 0.15) is 23.0 Å². The molecule has 0 aliphatic carbocycles. The monoisotopic (exact) mass is 840 g/mol. The molecule has 0 saturated heterocycles. The van der Waals surface area contributed by atoms with E-state index >= 15 is 0 Å². The lowest BCUT2D eigenvalue weighted by Crippen LogP contribution is -2.23. The zero-order chi connectivity index (χ0) is 43.9. The molecule has 0 bridgehead atoms. The van der Waals surface area contributed by atoms with Gasteiger partial charge in [-0.25, -0.2) is 19.2 Å². The van der Waals surface area contributed by atoms with Crippen molar-refractivity contribution >= 4 is 23.9 Å². The zero-order valence-electron chi connectivity index (χ0n) is 36.6. The standard InChI is InChI=1S/C51H68O10/c1-5-8-9-10-11-14-17-20-23-26-49(61-48(53)7-3)58-44-33-29-41(30-34-44)50(54)59-45-35-36-46(40(4)39-45)60-51(55)42-27-31-43(32-28-42)56-37-24-21-18-15-12-13-16-19-22-25-38-57-47(52)6-2/h6-7,27-36,39,49H,2-3,5,8-26,37-38H2,1,4H3. The summed E-state index contributed by atoms with van der Waals surface area (Å²) in [4.78, 5) is 48.9. The fourth-order valence-corrected chi connectivity index (χ4v) is 6.61. The van der Waals surface area contributed by atoms with Gasteiger partial charge >= 0.3 is 23.9 Å². The molecule has 0 heterocycles. The summed E-state index contributed by atoms with van der Waals surface area (Å²) in [6.07, 6.45) is 24.0. The smallest absolute Gasteiger partial charge is 0.343 e. The van der Waals surface area contributed by atoms with Crippen molar-refractivity contribution in [2.24, 2.45) is 0 Å². The highest BCUT2D eigenvalue weighted by molar-refractivity contribution is 5.92. The van der Waals surface area contributed by atoms with Crippen LogP contribution in [0.15, 0.2) is 92.0 Å². The summed E-state index contributed by atoms with van der Waals surface area (Å²) in [7, 11) is 0. The minimum absolute atomic E-state index is 0.301. The van der Waals surface area contributed by atoms with Crippen LogP contribution in [0, 0.1) is 6.92 Å². The van der Waals surface area contributed by atoms with Crippen molar-refractivity contribution in [3.8, 4) is 23.0 Å². The SMILES string of the molecule is C=CC(=O)OCCCCCCCCCCCCOc1ccc(C(=O)Oc2ccc(OC(=O)c3ccc(OC(CCCCCCCCCCC)OC(=O)C=C)cc3)cc2C)cc1. The Balaban J connectivity index is 1.34. The summed E-state index contributed by atoms with van der Waals surface area (Å²) >= 11 is 0. The molecule has 0 saturated carbocycles. The molecule has 0 N–H and O–H groups in total. The quantitative estimate of drug-likeness (QED) is 0.0192. The number of esters is 4. The molecule has 3 aromatic carbocycles. The molecule has 3 rings (SSSR count). The van der Waals surface area contributed by atoms with Crippen LogP contribution in [0.4, 0.5) is 0 Å². The Morgan fingerprint density at radius 1 is 0.541 bits per heavy atom. The molecule has 0 fully saturated rings. The van der Waals surface area contributed by atoms with Crippen LogP contribution in [0.2, 0.25) is 0 Å². The van der Waals surface area contributed by atoms with Gasteiger partial charge < -0.3 is 28.4 Å². The third kappa shape index (κ3) is 21.6. The maximum atomic E-state index is 13.0. The maximum absolute atomic E-state index is 13.0. The van der Waals surface area contributed by atoms with Gasteiger partial charge in [-0.15, -0.1) is 0 Å². The number of aryl methyl sites for hydroxylation is 1. The summed E-state index contributed by atoms with van der Waals surface area (Å²) in [5, 5.41) is 0. The Kier molecular flexibility index (Phi) is 25.1. The molecule has 1 unspecified atom stereocenters. The molecule has 0 aliphatic rings. The predicted octanol–water partition coefficient (Wildman–Crippen LogP) is 12.8. The van der Waals surface area contributed by atoms with Crippen molar-refractivity contribution in [2.75, 3.05) is 13.2 Å². The molecule has 3 aromatic rings. The normalized spacial score (nSPS) is 11.2. The van der Waals surface area contributed by atoms with Gasteiger partial charge in [-0.1, -0.05) is 123 Å². The molecule has 0 aromatic heterocycles. The van der Waals surface area contributed by atoms with E-state index in [1.165, 1.54) is 76.7 Å². The highest BCUT2D eigenvalue weighted by Gasteiger charge is 2.17. The van der Waals surface area contributed by atoms with E-state index in [4.69, 9.17) is 28.4 Å². The molecular weight excluding hydrogens is 773 g/mol. The molecule has 0 radical (unpaired) electrons. The Hall–Kier alpha value is -5.38. The van der Waals surface area contributed by atoms with Crippen molar-refractivity contribution in [3.63, 3.8) is 0 Å². The first kappa shape index (κ1) is 50.0. The third-order valence-corrected chi connectivity index (χ3v) is 10.2. The van der Waals surface area contributed by atoms with E-state index in [0.717, 1.165) is 57.4 Å². The van der Waals surface area contributed by atoms with Crippen LogP contribution in [0.5, 0.6) is 23.0 Å². The van der Waals surface area contributed by atoms with Gasteiger partial charge in [-0.2, -0.15) is 0 Å². The highest BCUT2D eigenvalue weighted by atomic mass is 16.7. The lowest BCUT2D eigenvalue weighted by Gasteiger charge is -2.19. The van der Waals surface area contributed by atoms with E-state index in [1.54, 1.807) is 73.7 Å². The van der Waals surface area contributed by atoms with E-state index < -0.39 is 24.2 Å². The molecule has 10 heteroatoms. The largest absolute Gasteiger partial charge is 0.494 e. The Morgan fingerprint density at radius 3 is 1.56 bits per heavy atom. The average Bonchev–Trinajstić information content (AvgIpc) is 3.26. The minimum atomic E-state index is -0.763. The van der Waals surface area contributed by atoms with E-state index in [1.807, 2.05) is 0 Å². The molecule has 1 atom stereocenters. The van der Waals surface area contributed by atoms with Gasteiger partial charge in [0, 0.05) is 18.6 Å². The van der Waals surface area contributed by atoms with E-state index in [2.05, 4.69) is 20.1 Å². The lowest BCUT2D eigenvalue weighted by atomic mass is 10.1. The number of benzene rings is 3. The molecular formula is C51H68O10. The summed E-state index contributed by atoms with van der Waals surface area (Å²) < 4.78 is 33.5. The average molecular weight is 841 g/mol. The van der Waals surface area contributed by atoms with Crippen LogP contribution in [0.25, 0.3) is 0 Å². The second-order valence-corrected chi connectivity index (χ2v) is 15.3. The van der Waals surface area contributed by atoms with Crippen LogP contribution in [-0.2, 0) is 19.1 Å². The number of unbranched alkanes of at least 4 members (excludes halogenated alkanes) is 17. The molecule has 0 spiro atoms. The van der Waals surface area contributed by atoms with Crippen LogP contribution >= 0.6 is 0 Å². The number of rotatable bonds is 33. The molecule has 332 valence electrons. The lowest BCUT2D eigenvalue weighted by molar-refractivity contribution is -0.158. The summed E-state index contributed by atoms with van der Waals surface area (Å²) in [6.45, 7) is 12.0. The van der Waals surface area contributed by atoms with Crippen LogP contribution in [0.3, 0.4) is 0 Å². The maximum Gasteiger partial charge on any atom is 0.343 e. The van der Waals surface area contributed by atoms with Crippen molar-refractivity contribution < 1.29 is 47.6 Å². The fourth-order valence-electron chi connectivity index (χ4n) is 6.61. The summed E-state index contributed by atoms with van der Waals surface area (Å²) in [5.74, 6) is -0.171. The fraction of sp³-hybridized carbons (Fsp3) is 0.490. The van der Waals surface area contributed by atoms with E-state index in [-0.39, 0.29) is 5.97 Å². The predicted molar refractivity (Wildman–Crippen MR) is 239 cm³/mol. The molecule has 0 aliphatic heterocycles. The van der Waals surface area contributed by atoms with Gasteiger partial charge in [-0.3, -0.25) is 0 Å². The first-order chi connectivity index (χ1) is 29.7. The van der Waals surface area contributed by atoms with E-state index in [9.17, 15) is 19.2 Å². The number of carbonyl (C=O) groups is 4. The summed E-state index contributed by atoms with van der Waals surface area (Å²) in [5.41, 5.74) is 1.32. The van der Waals surface area contributed by atoms with Crippen molar-refractivity contribution in [3.05, 3.63) is 109 Å². The Morgan fingerprint density at radius 2 is 1.02 bits per heavy atom. The highest BCUT2D eigenvalue weighted by Crippen LogP contribution is 2.26. The third-order valence-electron chi connectivity index (χ3n) is 10.2. The van der Waals surface area contributed by atoms with Crippen LogP contribution in [0.1, 0.15) is 162 Å². The first-order valence-corrected chi connectivity index (χ1v) is 22.4. The van der Waals surface area contributed by atoms with Gasteiger partial charge in [0.2, 0.25) is 6.29 Å². The number of hydrogen-bond acceptors (Lipinski definition) is 10. The molecule has 10 nitrogen and oxygen atoms in total. The molecule has 0 amide bonds. The number of carbonyl (C=O) groups excluding carboxylic acids is 4. The van der Waals surface area contributed by atoms with Gasteiger partial charge in [0.05, 0.1) is 24.3 Å². The van der Waals surface area contributed by atoms with E-state index in [0.29, 0.717) is 59.3 Å². The van der Waals surface area contributed by atoms with Crippen LogP contribution in [-0.4, -0.2) is 43.4 Å². The summed E-state index contributed by atoms with van der Waals surface area (Å²) in [6, 6.07) is 18.2. The first-order valence-electron chi connectivity index (χ1n) is 22.4. The second kappa shape index (κ2) is 30.6. The second-order valence-electron chi connectivity index (χ2n) is 15.3. The van der Waals surface area contributed by atoms with Gasteiger partial charge in [0.25, 0.3) is 0 Å². The van der Waals surface area contributed by atoms with Gasteiger partial charge in [-0.05, 0) is 98.5 Å². The number of ether oxygens (including phenoxy) is 6. The van der Waals surface area contributed by atoms with Gasteiger partial charge in [0.15, 0.2) is 0 Å². The topological polar surface area (TPSA) is 124 Å². The van der Waals surface area contributed by atoms with Crippen molar-refractivity contribution in [1.29, 1.82) is 0 Å². The molecule has 61 heavy (non-hydrogen) atoms. The number of hydrogen-bond donors (Lipinski definition) is 0. The van der Waals surface area contributed by atoms with Crippen LogP contribution < -0.4 is 18.9 Å². The minimum Gasteiger partial charge on any atom is -0.494 e. The van der Waals surface area contributed by atoms with Crippen molar-refractivity contribution in [2.45, 2.75) is 149 Å². The Labute approximate surface area is 364 Å². The zero-order valence-corrected chi connectivity index (χ0v) is 36.6.